The first kappa shape index (κ1) is 26.0. The Balaban J connectivity index is 1.25. The summed E-state index contributed by atoms with van der Waals surface area (Å²) in [5, 5.41) is 35.1. The van der Waals surface area contributed by atoms with Gasteiger partial charge in [-0.3, -0.25) is 5.21 Å². The standard InChI is InChI=1S/C28H21Cl3N2O6/c29-20-9-16(6-7-17(20)19-10-18(19)14-2-1-3-15(8-14)27(34)35)38-28(36)24-25(32-39-26(24)13-4-5-13)23-21(30)11-33(37)12-22(23)31/h1-3,6-9,11-13,18-19,28,36H,4-5,10H2,(H-,32,34,35,37)/p+1. The average Bonchev–Trinajstić information content (AvgIpc) is 3.81. The van der Waals surface area contributed by atoms with Crippen molar-refractivity contribution in [3.8, 4) is 17.0 Å². The summed E-state index contributed by atoms with van der Waals surface area (Å²) in [7, 11) is 0. The number of carboxylic acids is 1. The van der Waals surface area contributed by atoms with E-state index in [-0.39, 0.29) is 39.1 Å². The maximum absolute atomic E-state index is 11.3. The van der Waals surface area contributed by atoms with Gasteiger partial charge in [0.1, 0.15) is 27.2 Å². The molecule has 8 nitrogen and oxygen atoms in total. The van der Waals surface area contributed by atoms with Gasteiger partial charge in [0.2, 0.25) is 18.7 Å². The fourth-order valence-electron chi connectivity index (χ4n) is 4.99. The quantitative estimate of drug-likeness (QED) is 0.118. The summed E-state index contributed by atoms with van der Waals surface area (Å²) in [5.74, 6) is 0.315. The zero-order valence-corrected chi connectivity index (χ0v) is 22.5. The van der Waals surface area contributed by atoms with Gasteiger partial charge in [-0.2, -0.15) is 0 Å². The smallest absolute Gasteiger partial charge is 0.335 e. The van der Waals surface area contributed by atoms with E-state index in [0.29, 0.717) is 27.7 Å². The van der Waals surface area contributed by atoms with Gasteiger partial charge in [-0.25, -0.2) is 4.79 Å². The van der Waals surface area contributed by atoms with Crippen LogP contribution in [-0.2, 0) is 0 Å². The molecule has 0 spiro atoms. The Hall–Kier alpha value is -3.30. The van der Waals surface area contributed by atoms with Crippen LogP contribution in [0.3, 0.4) is 0 Å². The number of carbonyl (C=O) groups is 1. The molecule has 0 aliphatic heterocycles. The number of aliphatic hydroxyl groups is 1. The van der Waals surface area contributed by atoms with Crippen LogP contribution in [0.25, 0.3) is 11.3 Å². The predicted octanol–water partition coefficient (Wildman–Crippen LogP) is 6.74. The van der Waals surface area contributed by atoms with Crippen LogP contribution in [0, 0.1) is 0 Å². The molecule has 11 heteroatoms. The van der Waals surface area contributed by atoms with Gasteiger partial charge >= 0.3 is 5.97 Å². The van der Waals surface area contributed by atoms with Crippen LogP contribution in [0.15, 0.2) is 59.4 Å². The van der Waals surface area contributed by atoms with Gasteiger partial charge in [0.25, 0.3) is 0 Å². The highest BCUT2D eigenvalue weighted by Crippen LogP contribution is 2.56. The summed E-state index contributed by atoms with van der Waals surface area (Å²) in [6.45, 7) is 0. The molecule has 2 aromatic carbocycles. The van der Waals surface area contributed by atoms with Gasteiger partial charge in [0, 0.05) is 15.7 Å². The Kier molecular flexibility index (Phi) is 6.67. The minimum absolute atomic E-state index is 0.0981. The van der Waals surface area contributed by atoms with E-state index in [1.165, 1.54) is 12.4 Å². The molecule has 39 heavy (non-hydrogen) atoms. The molecular formula is C28H22Cl3N2O6+. The summed E-state index contributed by atoms with van der Waals surface area (Å²) in [6.07, 6.45) is 3.69. The van der Waals surface area contributed by atoms with Crippen LogP contribution in [0.5, 0.6) is 5.75 Å². The first-order valence-corrected chi connectivity index (χ1v) is 13.4. The normalized spacial score (nSPS) is 19.1. The van der Waals surface area contributed by atoms with Crippen molar-refractivity contribution in [3.05, 3.63) is 97.9 Å². The number of hydrogen-bond acceptors (Lipinski definition) is 6. The second-order valence-corrected chi connectivity index (χ2v) is 11.0. The highest BCUT2D eigenvalue weighted by atomic mass is 35.5. The van der Waals surface area contributed by atoms with Gasteiger partial charge < -0.3 is 19.5 Å². The van der Waals surface area contributed by atoms with Crippen molar-refractivity contribution in [2.24, 2.45) is 0 Å². The van der Waals surface area contributed by atoms with E-state index >= 15 is 0 Å². The lowest BCUT2D eigenvalue weighted by Crippen LogP contribution is -2.28. The van der Waals surface area contributed by atoms with E-state index in [1.807, 2.05) is 12.1 Å². The molecule has 2 saturated carbocycles. The lowest BCUT2D eigenvalue weighted by molar-refractivity contribution is -0.904. The molecule has 200 valence electrons. The number of rotatable bonds is 8. The highest BCUT2D eigenvalue weighted by Gasteiger charge is 2.41. The maximum Gasteiger partial charge on any atom is 0.335 e. The minimum atomic E-state index is -1.45. The Morgan fingerprint density at radius 1 is 1.05 bits per heavy atom. The van der Waals surface area contributed by atoms with E-state index in [9.17, 15) is 20.2 Å². The first-order valence-electron chi connectivity index (χ1n) is 12.3. The molecular weight excluding hydrogens is 567 g/mol. The number of nitrogens with zero attached hydrogens (tertiary/aromatic N) is 2. The van der Waals surface area contributed by atoms with Crippen molar-refractivity contribution in [2.75, 3.05) is 0 Å². The second kappa shape index (κ2) is 10.0. The van der Waals surface area contributed by atoms with E-state index in [0.717, 1.165) is 35.1 Å². The molecule has 3 unspecified atom stereocenters. The predicted molar refractivity (Wildman–Crippen MR) is 142 cm³/mol. The van der Waals surface area contributed by atoms with Gasteiger partial charge in [-0.05, 0) is 66.5 Å². The summed E-state index contributed by atoms with van der Waals surface area (Å²) in [5.41, 5.74) is 2.99. The van der Waals surface area contributed by atoms with Crippen LogP contribution in [-0.4, -0.2) is 26.5 Å². The van der Waals surface area contributed by atoms with Crippen LogP contribution >= 0.6 is 34.8 Å². The van der Waals surface area contributed by atoms with Gasteiger partial charge in [-0.15, -0.1) is 0 Å². The Morgan fingerprint density at radius 3 is 2.46 bits per heavy atom. The number of carboxylic acid groups (broad SMARTS) is 1. The van der Waals surface area contributed by atoms with Gasteiger partial charge in [0.15, 0.2) is 0 Å². The van der Waals surface area contributed by atoms with Crippen LogP contribution < -0.4 is 9.47 Å². The molecule has 0 amide bonds. The van der Waals surface area contributed by atoms with Crippen LogP contribution in [0.2, 0.25) is 15.1 Å². The number of aromatic nitrogens is 2. The van der Waals surface area contributed by atoms with Gasteiger partial charge in [-0.1, -0.05) is 58.2 Å². The second-order valence-electron chi connectivity index (χ2n) is 9.83. The average molecular weight is 589 g/mol. The molecule has 4 aromatic rings. The minimum Gasteiger partial charge on any atom is -0.478 e. The summed E-state index contributed by atoms with van der Waals surface area (Å²) >= 11 is 19.3. The topological polar surface area (TPSA) is 117 Å². The highest BCUT2D eigenvalue weighted by molar-refractivity contribution is 6.38. The van der Waals surface area contributed by atoms with Crippen LogP contribution in [0.1, 0.15) is 76.1 Å². The number of halogens is 3. The monoisotopic (exact) mass is 587 g/mol. The molecule has 2 aromatic heterocycles. The van der Waals surface area contributed by atoms with Crippen molar-refractivity contribution in [1.29, 1.82) is 0 Å². The fourth-order valence-corrected chi connectivity index (χ4v) is 5.93. The molecule has 2 heterocycles. The third-order valence-corrected chi connectivity index (χ3v) is 8.03. The number of aliphatic hydroxyl groups excluding tert-OH is 1. The molecule has 3 atom stereocenters. The summed E-state index contributed by atoms with van der Waals surface area (Å²) in [6, 6.07) is 12.2. The summed E-state index contributed by atoms with van der Waals surface area (Å²) < 4.78 is 12.2. The zero-order valence-electron chi connectivity index (χ0n) is 20.2. The first-order chi connectivity index (χ1) is 18.7. The molecule has 0 bridgehead atoms. The Labute approximate surface area is 237 Å². The maximum atomic E-state index is 11.3. The molecule has 2 aliphatic carbocycles. The number of hydrogen-bond donors (Lipinski definition) is 3. The van der Waals surface area contributed by atoms with Crippen molar-refractivity contribution in [1.82, 2.24) is 5.16 Å². The SMILES string of the molecule is O=C(O)c1cccc(C2CC2c2ccc(OC(O)c3c(-c4c(Cl)c[n+](O)cc4Cl)noc3C3CC3)cc2Cl)c1. The number of benzene rings is 2. The van der Waals surface area contributed by atoms with E-state index in [2.05, 4.69) is 5.16 Å². The molecule has 0 radical (unpaired) electrons. The Morgan fingerprint density at radius 2 is 1.79 bits per heavy atom. The molecule has 6 rings (SSSR count). The molecule has 3 N–H and O–H groups in total. The summed E-state index contributed by atoms with van der Waals surface area (Å²) in [4.78, 5) is 11.3. The molecule has 2 aliphatic rings. The van der Waals surface area contributed by atoms with Crippen molar-refractivity contribution < 1.29 is 34.2 Å². The van der Waals surface area contributed by atoms with E-state index in [4.69, 9.17) is 44.1 Å². The van der Waals surface area contributed by atoms with Crippen molar-refractivity contribution in [2.45, 2.75) is 43.3 Å². The van der Waals surface area contributed by atoms with Crippen molar-refractivity contribution in [3.63, 3.8) is 0 Å². The fraction of sp³-hybridized carbons (Fsp3) is 0.250. The third-order valence-electron chi connectivity index (χ3n) is 7.13. The molecule has 2 fully saturated rings. The Bertz CT molecular complexity index is 1580. The third kappa shape index (κ3) is 5.05. The van der Waals surface area contributed by atoms with E-state index in [1.54, 1.807) is 30.3 Å². The zero-order chi connectivity index (χ0) is 27.4. The lowest BCUT2D eigenvalue weighted by atomic mass is 10.0. The number of aromatic carboxylic acids is 1. The van der Waals surface area contributed by atoms with Crippen LogP contribution in [0.4, 0.5) is 0 Å². The van der Waals surface area contributed by atoms with Crippen molar-refractivity contribution >= 4 is 40.8 Å². The number of pyridine rings is 1. The largest absolute Gasteiger partial charge is 0.478 e. The van der Waals surface area contributed by atoms with Gasteiger partial charge in [0.05, 0.1) is 16.7 Å². The molecule has 0 saturated heterocycles. The lowest BCUT2D eigenvalue weighted by Gasteiger charge is -2.16. The van der Waals surface area contributed by atoms with E-state index < -0.39 is 12.3 Å². The number of ether oxygens (including phenoxy) is 1.